The first-order valence-electron chi connectivity index (χ1n) is 15.0. The SMILES string of the molecule is NC(=O)C[C@@H](NC(=O)[C@H](Cc1c[nH]c2ccccc12)NC(=O)[C@@H]1CCCN1C(=O)[C@@H](N)Cc1ccc(O)cc1)c1ccccc1. The third-order valence-corrected chi connectivity index (χ3v) is 8.20. The molecule has 0 spiro atoms. The zero-order valence-electron chi connectivity index (χ0n) is 24.8. The normalized spacial score (nSPS) is 16.6. The van der Waals surface area contributed by atoms with Crippen LogP contribution in [-0.4, -0.2) is 63.3 Å². The van der Waals surface area contributed by atoms with Crippen LogP contribution in [-0.2, 0) is 32.0 Å². The van der Waals surface area contributed by atoms with Crippen LogP contribution in [0.5, 0.6) is 5.75 Å². The van der Waals surface area contributed by atoms with Gasteiger partial charge in [0.2, 0.25) is 23.6 Å². The Bertz CT molecular complexity index is 1650. The molecule has 0 unspecified atom stereocenters. The summed E-state index contributed by atoms with van der Waals surface area (Å²) in [5, 5.41) is 16.3. The minimum absolute atomic E-state index is 0.117. The molecule has 0 saturated carbocycles. The van der Waals surface area contributed by atoms with E-state index in [1.807, 2.05) is 36.5 Å². The van der Waals surface area contributed by atoms with Crippen molar-refractivity contribution < 1.29 is 24.3 Å². The summed E-state index contributed by atoms with van der Waals surface area (Å²) in [7, 11) is 0. The Morgan fingerprint density at radius 1 is 0.933 bits per heavy atom. The Hall–Kier alpha value is -5.16. The summed E-state index contributed by atoms with van der Waals surface area (Å²) in [5.74, 6) is -1.76. The van der Waals surface area contributed by atoms with Crippen LogP contribution in [0.4, 0.5) is 0 Å². The number of H-pyrrole nitrogens is 1. The van der Waals surface area contributed by atoms with E-state index >= 15 is 0 Å². The third kappa shape index (κ3) is 7.68. The largest absolute Gasteiger partial charge is 0.508 e. The minimum Gasteiger partial charge on any atom is -0.508 e. The Balaban J connectivity index is 1.35. The second-order valence-corrected chi connectivity index (χ2v) is 11.4. The number of phenols is 1. The van der Waals surface area contributed by atoms with Crippen LogP contribution in [0, 0.1) is 0 Å². The molecule has 45 heavy (non-hydrogen) atoms. The summed E-state index contributed by atoms with van der Waals surface area (Å²) >= 11 is 0. The van der Waals surface area contributed by atoms with E-state index in [2.05, 4.69) is 15.6 Å². The average molecular weight is 611 g/mol. The van der Waals surface area contributed by atoms with Crippen LogP contribution in [0.15, 0.2) is 85.1 Å². The van der Waals surface area contributed by atoms with Crippen molar-refractivity contribution in [2.24, 2.45) is 11.5 Å². The number of carbonyl (C=O) groups is 4. The molecule has 4 aromatic rings. The Morgan fingerprint density at radius 3 is 2.38 bits per heavy atom. The first kappa shape index (κ1) is 31.3. The molecule has 8 N–H and O–H groups in total. The molecule has 1 saturated heterocycles. The molecule has 1 aromatic heterocycles. The van der Waals surface area contributed by atoms with Crippen LogP contribution in [0.25, 0.3) is 10.9 Å². The van der Waals surface area contributed by atoms with Gasteiger partial charge in [0, 0.05) is 30.1 Å². The molecule has 0 radical (unpaired) electrons. The molecule has 234 valence electrons. The summed E-state index contributed by atoms with van der Waals surface area (Å²) in [6, 6.07) is 19.8. The number of para-hydroxylation sites is 1. The van der Waals surface area contributed by atoms with Crippen LogP contribution in [0.3, 0.4) is 0 Å². The van der Waals surface area contributed by atoms with Crippen LogP contribution >= 0.6 is 0 Å². The number of fused-ring (bicyclic) bond motifs is 1. The molecule has 11 nitrogen and oxygen atoms in total. The fourth-order valence-corrected chi connectivity index (χ4v) is 5.90. The summed E-state index contributed by atoms with van der Waals surface area (Å²) in [5.41, 5.74) is 15.0. The van der Waals surface area contributed by atoms with Gasteiger partial charge >= 0.3 is 0 Å². The van der Waals surface area contributed by atoms with Gasteiger partial charge in [0.25, 0.3) is 0 Å². The minimum atomic E-state index is -1.01. The first-order valence-corrected chi connectivity index (χ1v) is 15.0. The van der Waals surface area contributed by atoms with Crippen molar-refractivity contribution in [2.45, 2.75) is 56.3 Å². The van der Waals surface area contributed by atoms with Crippen molar-refractivity contribution in [2.75, 3.05) is 6.54 Å². The number of primary amides is 1. The van der Waals surface area contributed by atoms with E-state index in [1.54, 1.807) is 36.4 Å². The van der Waals surface area contributed by atoms with E-state index in [0.29, 0.717) is 24.9 Å². The van der Waals surface area contributed by atoms with Gasteiger partial charge < -0.3 is 37.1 Å². The first-order chi connectivity index (χ1) is 21.7. The number of nitrogens with zero attached hydrogens (tertiary/aromatic N) is 1. The van der Waals surface area contributed by atoms with Gasteiger partial charge in [-0.05, 0) is 54.2 Å². The lowest BCUT2D eigenvalue weighted by atomic mass is 10.0. The Kier molecular flexibility index (Phi) is 9.79. The molecule has 0 aliphatic carbocycles. The molecule has 0 bridgehead atoms. The molecule has 5 rings (SSSR count). The molecule has 1 aliphatic rings. The molecule has 1 aliphatic heterocycles. The molecule has 4 atom stereocenters. The molecular formula is C34H38N6O5. The summed E-state index contributed by atoms with van der Waals surface area (Å²) in [4.78, 5) is 57.7. The number of phenolic OH excluding ortho intramolecular Hbond substituents is 1. The monoisotopic (exact) mass is 610 g/mol. The van der Waals surface area contributed by atoms with Gasteiger partial charge in [-0.25, -0.2) is 0 Å². The van der Waals surface area contributed by atoms with Crippen molar-refractivity contribution in [1.82, 2.24) is 20.5 Å². The molecular weight excluding hydrogens is 572 g/mol. The lowest BCUT2D eigenvalue weighted by Crippen LogP contribution is -2.56. The summed E-state index contributed by atoms with van der Waals surface area (Å²) in [6.07, 6.45) is 3.15. The van der Waals surface area contributed by atoms with Crippen LogP contribution < -0.4 is 22.1 Å². The van der Waals surface area contributed by atoms with Gasteiger partial charge in [0.1, 0.15) is 17.8 Å². The van der Waals surface area contributed by atoms with Crippen LogP contribution in [0.1, 0.15) is 42.0 Å². The Morgan fingerprint density at radius 2 is 1.64 bits per heavy atom. The maximum Gasteiger partial charge on any atom is 0.243 e. The van der Waals surface area contributed by atoms with Gasteiger partial charge in [-0.1, -0.05) is 60.7 Å². The second kappa shape index (κ2) is 14.1. The van der Waals surface area contributed by atoms with Gasteiger partial charge in [0.15, 0.2) is 0 Å². The molecule has 1 fully saturated rings. The standard InChI is InChI=1S/C34H38N6O5/c35-26(17-21-12-14-24(41)15-13-21)34(45)40-16-6-11-30(40)33(44)39-29(18-23-20-37-27-10-5-4-9-25(23)27)32(43)38-28(19-31(36)42)22-7-2-1-3-8-22/h1-5,7-10,12-15,20,26,28-30,37,41H,6,11,16-19,35H2,(H2,36,42)(H,38,43)(H,39,44)/t26-,28+,29-,30-/m0/s1. The maximum atomic E-state index is 13.9. The number of hydrogen-bond acceptors (Lipinski definition) is 6. The maximum absolute atomic E-state index is 13.9. The number of amides is 4. The predicted molar refractivity (Wildman–Crippen MR) is 170 cm³/mol. The van der Waals surface area contributed by atoms with Gasteiger partial charge in [0.05, 0.1) is 18.5 Å². The predicted octanol–water partition coefficient (Wildman–Crippen LogP) is 2.19. The third-order valence-electron chi connectivity index (χ3n) is 8.20. The highest BCUT2D eigenvalue weighted by molar-refractivity contribution is 5.94. The van der Waals surface area contributed by atoms with Gasteiger partial charge in [-0.3, -0.25) is 19.2 Å². The fraction of sp³-hybridized carbons (Fsp3) is 0.294. The number of hydrogen-bond donors (Lipinski definition) is 6. The number of aromatic hydroxyl groups is 1. The molecule has 4 amide bonds. The number of aromatic nitrogens is 1. The fourth-order valence-electron chi connectivity index (χ4n) is 5.90. The molecule has 2 heterocycles. The van der Waals surface area contributed by atoms with E-state index in [9.17, 15) is 24.3 Å². The van der Waals surface area contributed by atoms with Crippen molar-refractivity contribution in [1.29, 1.82) is 0 Å². The highest BCUT2D eigenvalue weighted by atomic mass is 16.3. The van der Waals surface area contributed by atoms with Gasteiger partial charge in [-0.15, -0.1) is 0 Å². The number of carbonyl (C=O) groups excluding carboxylic acids is 4. The van der Waals surface area contributed by atoms with E-state index < -0.39 is 41.9 Å². The summed E-state index contributed by atoms with van der Waals surface area (Å²) < 4.78 is 0. The number of rotatable bonds is 12. The Labute approximate surface area is 261 Å². The second-order valence-electron chi connectivity index (χ2n) is 11.4. The molecule has 11 heteroatoms. The van der Waals surface area contributed by atoms with E-state index in [-0.39, 0.29) is 30.9 Å². The molecule has 3 aromatic carbocycles. The zero-order valence-corrected chi connectivity index (χ0v) is 24.8. The average Bonchev–Trinajstić information content (AvgIpc) is 3.69. The highest BCUT2D eigenvalue weighted by Crippen LogP contribution is 2.23. The topological polar surface area (TPSA) is 184 Å². The number of nitrogens with two attached hydrogens (primary N) is 2. The number of likely N-dealkylation sites (tertiary alicyclic amines) is 1. The number of aromatic amines is 1. The van der Waals surface area contributed by atoms with Crippen molar-refractivity contribution in [3.8, 4) is 5.75 Å². The van der Waals surface area contributed by atoms with E-state index in [4.69, 9.17) is 11.5 Å². The van der Waals surface area contributed by atoms with E-state index in [0.717, 1.165) is 22.0 Å². The number of nitrogens with one attached hydrogen (secondary N) is 3. The smallest absolute Gasteiger partial charge is 0.243 e. The number of benzene rings is 3. The van der Waals surface area contributed by atoms with Crippen LogP contribution in [0.2, 0.25) is 0 Å². The van der Waals surface area contributed by atoms with Crippen molar-refractivity contribution in [3.63, 3.8) is 0 Å². The summed E-state index contributed by atoms with van der Waals surface area (Å²) in [6.45, 7) is 0.369. The van der Waals surface area contributed by atoms with Crippen molar-refractivity contribution in [3.05, 3.63) is 102 Å². The lowest BCUT2D eigenvalue weighted by Gasteiger charge is -2.29. The quantitative estimate of drug-likeness (QED) is 0.143. The van der Waals surface area contributed by atoms with E-state index in [1.165, 1.54) is 17.0 Å². The highest BCUT2D eigenvalue weighted by Gasteiger charge is 2.38. The van der Waals surface area contributed by atoms with Gasteiger partial charge in [-0.2, -0.15) is 0 Å². The van der Waals surface area contributed by atoms with Crippen molar-refractivity contribution >= 4 is 34.5 Å². The lowest BCUT2D eigenvalue weighted by molar-refractivity contribution is -0.140. The zero-order chi connectivity index (χ0) is 31.9.